The molecule has 0 saturated carbocycles. The van der Waals surface area contributed by atoms with Crippen molar-refractivity contribution in [2.45, 2.75) is 33.2 Å². The Hall–Kier alpha value is -0.760. The maximum atomic E-state index is 5.60. The average molecular weight is 181 g/mol. The number of rotatable bonds is 4. The minimum atomic E-state index is 0.346. The molecule has 74 valence electrons. The Bertz CT molecular complexity index is 254. The van der Waals surface area contributed by atoms with Crippen LogP contribution in [0.4, 0.5) is 0 Å². The number of hydrogen-bond donors (Lipinski definition) is 1. The molecule has 2 atom stereocenters. The van der Waals surface area contributed by atoms with E-state index in [9.17, 15) is 0 Å². The van der Waals surface area contributed by atoms with E-state index in [1.165, 1.54) is 0 Å². The molecule has 13 heavy (non-hydrogen) atoms. The maximum Gasteiger partial charge on any atom is 0.121 e. The third kappa shape index (κ3) is 2.34. The molecule has 2 unspecified atom stereocenters. The van der Waals surface area contributed by atoms with Crippen LogP contribution in [0.5, 0.6) is 0 Å². The Morgan fingerprint density at radius 3 is 2.54 bits per heavy atom. The van der Waals surface area contributed by atoms with Crippen molar-refractivity contribution in [3.05, 3.63) is 23.7 Å². The fraction of sp³-hybridized carbons (Fsp3) is 0.636. The SMILES string of the molecule is CCC(C)C(NC)c1ccc(C)o1. The summed E-state index contributed by atoms with van der Waals surface area (Å²) >= 11 is 0. The maximum absolute atomic E-state index is 5.60. The van der Waals surface area contributed by atoms with E-state index in [0.29, 0.717) is 12.0 Å². The van der Waals surface area contributed by atoms with E-state index in [2.05, 4.69) is 25.2 Å². The van der Waals surface area contributed by atoms with Gasteiger partial charge in [-0.25, -0.2) is 0 Å². The standard InChI is InChI=1S/C11H19NO/c1-5-8(2)11(12-4)10-7-6-9(3)13-10/h6-8,11-12H,5H2,1-4H3. The fourth-order valence-electron chi connectivity index (χ4n) is 1.56. The normalized spacial score (nSPS) is 15.7. The molecule has 1 aromatic heterocycles. The van der Waals surface area contributed by atoms with Gasteiger partial charge in [0.15, 0.2) is 0 Å². The lowest BCUT2D eigenvalue weighted by Crippen LogP contribution is -2.22. The van der Waals surface area contributed by atoms with Crippen LogP contribution in [0.2, 0.25) is 0 Å². The molecule has 0 aliphatic carbocycles. The van der Waals surface area contributed by atoms with Gasteiger partial charge in [-0.15, -0.1) is 0 Å². The zero-order chi connectivity index (χ0) is 9.84. The van der Waals surface area contributed by atoms with E-state index in [-0.39, 0.29) is 0 Å². The highest BCUT2D eigenvalue weighted by atomic mass is 16.3. The molecule has 0 spiro atoms. The van der Waals surface area contributed by atoms with Gasteiger partial charge in [-0.05, 0) is 32.0 Å². The van der Waals surface area contributed by atoms with Crippen molar-refractivity contribution in [2.24, 2.45) is 5.92 Å². The lowest BCUT2D eigenvalue weighted by Gasteiger charge is -2.19. The molecule has 1 N–H and O–H groups in total. The summed E-state index contributed by atoms with van der Waals surface area (Å²) in [5.74, 6) is 2.64. The van der Waals surface area contributed by atoms with E-state index in [1.54, 1.807) is 0 Å². The lowest BCUT2D eigenvalue weighted by molar-refractivity contribution is 0.329. The van der Waals surface area contributed by atoms with E-state index in [4.69, 9.17) is 4.42 Å². The second kappa shape index (κ2) is 4.47. The zero-order valence-electron chi connectivity index (χ0n) is 8.92. The Balaban J connectivity index is 2.77. The van der Waals surface area contributed by atoms with Crippen molar-refractivity contribution < 1.29 is 4.42 Å². The molecule has 1 aromatic rings. The van der Waals surface area contributed by atoms with Crippen LogP contribution in [0.25, 0.3) is 0 Å². The summed E-state index contributed by atoms with van der Waals surface area (Å²) in [7, 11) is 1.98. The second-order valence-corrected chi connectivity index (χ2v) is 3.60. The van der Waals surface area contributed by atoms with Crippen LogP contribution in [0, 0.1) is 12.8 Å². The Labute approximate surface area is 80.3 Å². The molecule has 0 bridgehead atoms. The van der Waals surface area contributed by atoms with E-state index in [1.807, 2.05) is 20.0 Å². The summed E-state index contributed by atoms with van der Waals surface area (Å²) in [6.45, 7) is 6.41. The predicted octanol–water partition coefficient (Wildman–Crippen LogP) is 2.89. The second-order valence-electron chi connectivity index (χ2n) is 3.60. The van der Waals surface area contributed by atoms with Crippen LogP contribution >= 0.6 is 0 Å². The lowest BCUT2D eigenvalue weighted by atomic mass is 9.97. The van der Waals surface area contributed by atoms with Gasteiger partial charge in [-0.1, -0.05) is 20.3 Å². The molecule has 1 heterocycles. The molecule has 0 amide bonds. The number of nitrogens with one attached hydrogen (secondary N) is 1. The van der Waals surface area contributed by atoms with Gasteiger partial charge in [0, 0.05) is 0 Å². The van der Waals surface area contributed by atoms with Crippen LogP contribution in [-0.4, -0.2) is 7.05 Å². The van der Waals surface area contributed by atoms with Crippen molar-refractivity contribution in [1.82, 2.24) is 5.32 Å². The van der Waals surface area contributed by atoms with Crippen molar-refractivity contribution >= 4 is 0 Å². The molecule has 0 saturated heterocycles. The minimum absolute atomic E-state index is 0.346. The molecule has 0 fully saturated rings. The molecule has 2 nitrogen and oxygen atoms in total. The smallest absolute Gasteiger partial charge is 0.121 e. The third-order valence-corrected chi connectivity index (χ3v) is 2.59. The largest absolute Gasteiger partial charge is 0.465 e. The summed E-state index contributed by atoms with van der Waals surface area (Å²) < 4.78 is 5.60. The molecule has 0 aromatic carbocycles. The van der Waals surface area contributed by atoms with Crippen LogP contribution in [0.3, 0.4) is 0 Å². The van der Waals surface area contributed by atoms with Gasteiger partial charge >= 0.3 is 0 Å². The van der Waals surface area contributed by atoms with Crippen LogP contribution in [0.15, 0.2) is 16.5 Å². The first-order valence-corrected chi connectivity index (χ1v) is 4.92. The first kappa shape index (κ1) is 10.3. The van der Waals surface area contributed by atoms with Gasteiger partial charge in [0.1, 0.15) is 11.5 Å². The Kier molecular flexibility index (Phi) is 3.55. The number of aryl methyl sites for hydroxylation is 1. The summed E-state index contributed by atoms with van der Waals surface area (Å²) in [6, 6.07) is 4.42. The summed E-state index contributed by atoms with van der Waals surface area (Å²) in [5.41, 5.74) is 0. The van der Waals surface area contributed by atoms with Crippen molar-refractivity contribution in [3.8, 4) is 0 Å². The van der Waals surface area contributed by atoms with Crippen LogP contribution in [0.1, 0.15) is 37.8 Å². The van der Waals surface area contributed by atoms with E-state index in [0.717, 1.165) is 17.9 Å². The van der Waals surface area contributed by atoms with Gasteiger partial charge in [-0.3, -0.25) is 0 Å². The predicted molar refractivity (Wildman–Crippen MR) is 54.7 cm³/mol. The van der Waals surface area contributed by atoms with Gasteiger partial charge in [0.05, 0.1) is 6.04 Å². The first-order chi connectivity index (χ1) is 6.19. The summed E-state index contributed by atoms with van der Waals surface area (Å²) in [5, 5.41) is 3.29. The van der Waals surface area contributed by atoms with Gasteiger partial charge in [0.25, 0.3) is 0 Å². The highest BCUT2D eigenvalue weighted by Crippen LogP contribution is 2.25. The van der Waals surface area contributed by atoms with Crippen LogP contribution in [-0.2, 0) is 0 Å². The first-order valence-electron chi connectivity index (χ1n) is 4.92. The Morgan fingerprint density at radius 2 is 2.15 bits per heavy atom. The topological polar surface area (TPSA) is 25.2 Å². The van der Waals surface area contributed by atoms with Crippen LogP contribution < -0.4 is 5.32 Å². The highest BCUT2D eigenvalue weighted by molar-refractivity contribution is 5.10. The van der Waals surface area contributed by atoms with Gasteiger partial charge in [0.2, 0.25) is 0 Å². The Morgan fingerprint density at radius 1 is 1.46 bits per heavy atom. The molecule has 2 heteroatoms. The quantitative estimate of drug-likeness (QED) is 0.772. The minimum Gasteiger partial charge on any atom is -0.465 e. The molecule has 1 rings (SSSR count). The highest BCUT2D eigenvalue weighted by Gasteiger charge is 2.18. The molecule has 0 radical (unpaired) electrons. The van der Waals surface area contributed by atoms with Crippen molar-refractivity contribution in [3.63, 3.8) is 0 Å². The van der Waals surface area contributed by atoms with Crippen molar-refractivity contribution in [1.29, 1.82) is 0 Å². The zero-order valence-corrected chi connectivity index (χ0v) is 8.92. The summed E-state index contributed by atoms with van der Waals surface area (Å²) in [6.07, 6.45) is 1.16. The molecule has 0 aliphatic rings. The third-order valence-electron chi connectivity index (χ3n) is 2.59. The van der Waals surface area contributed by atoms with E-state index >= 15 is 0 Å². The average Bonchev–Trinajstić information content (AvgIpc) is 2.53. The number of furan rings is 1. The molecular formula is C11H19NO. The molecule has 0 aliphatic heterocycles. The summed E-state index contributed by atoms with van der Waals surface area (Å²) in [4.78, 5) is 0. The fourth-order valence-corrected chi connectivity index (χ4v) is 1.56. The van der Waals surface area contributed by atoms with E-state index < -0.39 is 0 Å². The van der Waals surface area contributed by atoms with Gasteiger partial charge < -0.3 is 9.73 Å². The monoisotopic (exact) mass is 181 g/mol. The molecular weight excluding hydrogens is 162 g/mol. The van der Waals surface area contributed by atoms with Crippen molar-refractivity contribution in [2.75, 3.05) is 7.05 Å². The number of hydrogen-bond acceptors (Lipinski definition) is 2. The van der Waals surface area contributed by atoms with Gasteiger partial charge in [-0.2, -0.15) is 0 Å².